The van der Waals surface area contributed by atoms with E-state index in [0.717, 1.165) is 38.5 Å². The second-order valence-corrected chi connectivity index (χ2v) is 8.55. The fraction of sp³-hybridized carbons (Fsp3) is 0.667. The third-order valence-corrected chi connectivity index (χ3v) is 5.85. The van der Waals surface area contributed by atoms with Gasteiger partial charge in [0.05, 0.1) is 6.61 Å². The molecule has 0 amide bonds. The molecule has 0 unspecified atom stereocenters. The maximum Gasteiger partial charge on any atom is 0.190 e. The summed E-state index contributed by atoms with van der Waals surface area (Å²) in [7, 11) is 0. The Hall–Kier alpha value is -0.460. The molecule has 0 spiro atoms. The third-order valence-electron chi connectivity index (χ3n) is 3.76. The largest absolute Gasteiger partial charge is 0.355 e. The van der Waals surface area contributed by atoms with Crippen LogP contribution in [0.3, 0.4) is 0 Å². The number of allylic oxidation sites excluding steroid dienone is 4. The van der Waals surface area contributed by atoms with Crippen LogP contribution in [0, 0.1) is 0 Å². The van der Waals surface area contributed by atoms with E-state index in [-0.39, 0.29) is 0 Å². The minimum absolute atomic E-state index is 0.602. The second-order valence-electron chi connectivity index (χ2n) is 6.54. The first-order valence-corrected chi connectivity index (χ1v) is 12.6. The third kappa shape index (κ3) is 12.7. The van der Waals surface area contributed by atoms with Gasteiger partial charge in [0.2, 0.25) is 0 Å². The summed E-state index contributed by atoms with van der Waals surface area (Å²) in [5, 5.41) is 0. The summed E-state index contributed by atoms with van der Waals surface area (Å²) < 4.78 is 18.4. The van der Waals surface area contributed by atoms with Crippen molar-refractivity contribution in [3.05, 3.63) is 48.6 Å². The molecular weight excluding hydrogens is 400 g/mol. The first-order chi connectivity index (χ1) is 14.1. The number of hydrogen-bond donors (Lipinski definition) is 0. The van der Waals surface area contributed by atoms with E-state index in [4.69, 9.17) is 13.1 Å². The molecule has 0 aromatic rings. The van der Waals surface area contributed by atoms with Crippen LogP contribution in [0.25, 0.3) is 0 Å². The molecule has 0 aliphatic carbocycles. The first kappa shape index (κ1) is 28.5. The molecule has 0 radical (unpaired) electrons. The SMILES string of the molecule is CCC=CC(C=CCC)(OSC(C=CCCC)(C=CCCC)OCC)SOCC. The molecule has 0 heterocycles. The van der Waals surface area contributed by atoms with Gasteiger partial charge in [0, 0.05) is 30.7 Å². The predicted octanol–water partition coefficient (Wildman–Crippen LogP) is 8.41. The number of rotatable bonds is 18. The van der Waals surface area contributed by atoms with Crippen LogP contribution in [0.2, 0.25) is 0 Å². The van der Waals surface area contributed by atoms with Crippen LogP contribution in [0.15, 0.2) is 48.6 Å². The van der Waals surface area contributed by atoms with Crippen LogP contribution in [-0.4, -0.2) is 23.1 Å². The molecule has 3 nitrogen and oxygen atoms in total. The molecule has 0 N–H and O–H groups in total. The van der Waals surface area contributed by atoms with Crippen LogP contribution in [0.4, 0.5) is 0 Å². The van der Waals surface area contributed by atoms with Crippen LogP contribution in [-0.2, 0) is 13.1 Å². The van der Waals surface area contributed by atoms with E-state index in [9.17, 15) is 0 Å². The normalized spacial score (nSPS) is 17.0. The van der Waals surface area contributed by atoms with Crippen molar-refractivity contribution in [3.63, 3.8) is 0 Å². The van der Waals surface area contributed by atoms with E-state index in [1.807, 2.05) is 13.8 Å². The molecule has 5 heteroatoms. The van der Waals surface area contributed by atoms with Crippen molar-refractivity contribution >= 4 is 24.1 Å². The molecule has 168 valence electrons. The molecule has 0 saturated carbocycles. The van der Waals surface area contributed by atoms with Gasteiger partial charge in [-0.1, -0.05) is 64.8 Å². The minimum Gasteiger partial charge on any atom is -0.355 e. The van der Waals surface area contributed by atoms with Crippen molar-refractivity contribution in [3.8, 4) is 0 Å². The van der Waals surface area contributed by atoms with Crippen molar-refractivity contribution in [2.45, 2.75) is 89.9 Å². The molecule has 0 aliphatic heterocycles. The van der Waals surface area contributed by atoms with Crippen molar-refractivity contribution in [1.82, 2.24) is 0 Å². The molecule has 0 fully saturated rings. The molecule has 0 saturated heterocycles. The predicted molar refractivity (Wildman–Crippen MR) is 132 cm³/mol. The van der Waals surface area contributed by atoms with Gasteiger partial charge in [-0.15, -0.1) is 0 Å². The van der Waals surface area contributed by atoms with Gasteiger partial charge in [-0.05, 0) is 63.8 Å². The molecule has 0 bridgehead atoms. The Morgan fingerprint density at radius 1 is 0.621 bits per heavy atom. The van der Waals surface area contributed by atoms with Gasteiger partial charge in [0.15, 0.2) is 9.87 Å². The van der Waals surface area contributed by atoms with Gasteiger partial charge in [0.25, 0.3) is 0 Å². The van der Waals surface area contributed by atoms with Crippen LogP contribution in [0.5, 0.6) is 0 Å². The minimum atomic E-state index is -0.702. The Morgan fingerprint density at radius 3 is 1.55 bits per heavy atom. The van der Waals surface area contributed by atoms with Crippen molar-refractivity contribution < 1.29 is 13.1 Å². The molecule has 29 heavy (non-hydrogen) atoms. The van der Waals surface area contributed by atoms with E-state index >= 15 is 0 Å². The van der Waals surface area contributed by atoms with Gasteiger partial charge in [-0.25, -0.2) is 0 Å². The fourth-order valence-electron chi connectivity index (χ4n) is 2.31. The number of unbranched alkanes of at least 4 members (excludes halogenated alkanes) is 2. The summed E-state index contributed by atoms with van der Waals surface area (Å²) in [6.07, 6.45) is 23.1. The fourth-order valence-corrected chi connectivity index (χ4v) is 3.97. The van der Waals surface area contributed by atoms with Crippen LogP contribution in [0.1, 0.15) is 80.1 Å². The molecular formula is C24H42O3S2. The standard InChI is InChI=1S/C24H42O3S2/c1-7-13-17-21-23(25-11-5,22-18-14-8-2)29-27-24(19-15-9-3,20-16-10-4)28-26-12-6/h15-22H,7-14H2,1-6H3. The average molecular weight is 443 g/mol. The van der Waals surface area contributed by atoms with Gasteiger partial charge >= 0.3 is 0 Å². The van der Waals surface area contributed by atoms with Crippen LogP contribution >= 0.6 is 24.1 Å². The smallest absolute Gasteiger partial charge is 0.190 e. The Bertz CT molecular complexity index is 468. The van der Waals surface area contributed by atoms with Gasteiger partial charge < -0.3 is 8.92 Å². The van der Waals surface area contributed by atoms with E-state index in [1.165, 1.54) is 24.1 Å². The monoisotopic (exact) mass is 442 g/mol. The van der Waals surface area contributed by atoms with E-state index in [2.05, 4.69) is 76.3 Å². The highest BCUT2D eigenvalue weighted by atomic mass is 32.2. The lowest BCUT2D eigenvalue weighted by atomic mass is 10.2. The number of ether oxygens (including phenoxy) is 1. The summed E-state index contributed by atoms with van der Waals surface area (Å²) in [4.78, 5) is -1.36. The molecule has 0 aromatic carbocycles. The summed E-state index contributed by atoms with van der Waals surface area (Å²) in [6.45, 7) is 13.8. The van der Waals surface area contributed by atoms with E-state index in [0.29, 0.717) is 13.2 Å². The Morgan fingerprint density at radius 2 is 1.14 bits per heavy atom. The Kier molecular flexibility index (Phi) is 18.0. The highest BCUT2D eigenvalue weighted by Gasteiger charge is 2.34. The van der Waals surface area contributed by atoms with E-state index < -0.39 is 9.87 Å². The molecule has 0 atom stereocenters. The van der Waals surface area contributed by atoms with Crippen LogP contribution < -0.4 is 0 Å². The van der Waals surface area contributed by atoms with Crippen molar-refractivity contribution in [2.75, 3.05) is 13.2 Å². The first-order valence-electron chi connectivity index (χ1n) is 11.1. The molecule has 0 aromatic heterocycles. The van der Waals surface area contributed by atoms with Gasteiger partial charge in [0.1, 0.15) is 0 Å². The van der Waals surface area contributed by atoms with Crippen molar-refractivity contribution in [2.24, 2.45) is 0 Å². The Labute approximate surface area is 188 Å². The summed E-state index contributed by atoms with van der Waals surface area (Å²) in [5.74, 6) is 0. The lowest BCUT2D eigenvalue weighted by molar-refractivity contribution is 0.0943. The topological polar surface area (TPSA) is 27.7 Å². The zero-order chi connectivity index (χ0) is 21.8. The highest BCUT2D eigenvalue weighted by Crippen LogP contribution is 2.42. The number of hydrogen-bond acceptors (Lipinski definition) is 5. The maximum absolute atomic E-state index is 6.47. The van der Waals surface area contributed by atoms with E-state index in [1.54, 1.807) is 0 Å². The Balaban J connectivity index is 5.84. The second kappa shape index (κ2) is 18.3. The summed E-state index contributed by atoms with van der Waals surface area (Å²) in [6, 6.07) is 0. The lowest BCUT2D eigenvalue weighted by Gasteiger charge is -2.32. The van der Waals surface area contributed by atoms with Gasteiger partial charge in [-0.2, -0.15) is 0 Å². The zero-order valence-electron chi connectivity index (χ0n) is 19.3. The quantitative estimate of drug-likeness (QED) is 0.121. The zero-order valence-corrected chi connectivity index (χ0v) is 20.9. The average Bonchev–Trinajstić information content (AvgIpc) is 2.73. The van der Waals surface area contributed by atoms with Gasteiger partial charge in [-0.3, -0.25) is 4.18 Å². The summed E-state index contributed by atoms with van der Waals surface area (Å²) >= 11 is 2.70. The highest BCUT2D eigenvalue weighted by molar-refractivity contribution is 7.99. The molecule has 0 rings (SSSR count). The van der Waals surface area contributed by atoms with Crippen molar-refractivity contribution in [1.29, 1.82) is 0 Å². The maximum atomic E-state index is 6.47. The molecule has 0 aliphatic rings. The summed E-state index contributed by atoms with van der Waals surface area (Å²) in [5.41, 5.74) is 0. The lowest BCUT2D eigenvalue weighted by Crippen LogP contribution is -2.29.